The molecule has 1 aromatic heterocycles. The Labute approximate surface area is 149 Å². The Morgan fingerprint density at radius 2 is 2.21 bits per heavy atom. The van der Waals surface area contributed by atoms with E-state index in [0.717, 1.165) is 35.2 Å². The van der Waals surface area contributed by atoms with Crippen molar-refractivity contribution in [2.75, 3.05) is 23.8 Å². The standard InChI is InChI=1S/C17H19BrN4O2/c1-11-9-12(18)4-5-14(11)20-17(23)15-6-7-16(22-21-15)19-10-13-3-2-8-24-13/h4-7,9,13H,2-3,8,10H2,1H3,(H,19,22)(H,20,23). The average Bonchev–Trinajstić information content (AvgIpc) is 3.09. The summed E-state index contributed by atoms with van der Waals surface area (Å²) in [6.07, 6.45) is 2.40. The van der Waals surface area contributed by atoms with Crippen LogP contribution in [0.5, 0.6) is 0 Å². The van der Waals surface area contributed by atoms with Gasteiger partial charge in [0.15, 0.2) is 5.69 Å². The normalized spacial score (nSPS) is 16.8. The van der Waals surface area contributed by atoms with E-state index in [1.165, 1.54) is 0 Å². The SMILES string of the molecule is Cc1cc(Br)ccc1NC(=O)c1ccc(NCC2CCCO2)nn1. The summed E-state index contributed by atoms with van der Waals surface area (Å²) in [6.45, 7) is 3.47. The summed E-state index contributed by atoms with van der Waals surface area (Å²) in [5.41, 5.74) is 2.01. The van der Waals surface area contributed by atoms with E-state index in [1.54, 1.807) is 12.1 Å². The molecule has 126 valence electrons. The Balaban J connectivity index is 1.58. The molecular formula is C17H19BrN4O2. The number of carbonyl (C=O) groups is 1. The first-order valence-corrected chi connectivity index (χ1v) is 8.68. The molecule has 2 heterocycles. The van der Waals surface area contributed by atoms with Crippen LogP contribution in [-0.4, -0.2) is 35.4 Å². The second-order valence-corrected chi connectivity index (χ2v) is 6.65. The van der Waals surface area contributed by atoms with Gasteiger partial charge in [-0.3, -0.25) is 4.79 Å². The molecule has 1 unspecified atom stereocenters. The number of nitrogens with zero attached hydrogens (tertiary/aromatic N) is 2. The van der Waals surface area contributed by atoms with Gasteiger partial charge < -0.3 is 15.4 Å². The first-order valence-electron chi connectivity index (χ1n) is 7.88. The average molecular weight is 391 g/mol. The van der Waals surface area contributed by atoms with Crippen LogP contribution in [0, 0.1) is 6.92 Å². The predicted octanol–water partition coefficient (Wildman–Crippen LogP) is 3.39. The van der Waals surface area contributed by atoms with Crippen LogP contribution in [0.4, 0.5) is 11.5 Å². The van der Waals surface area contributed by atoms with Crippen molar-refractivity contribution in [1.29, 1.82) is 0 Å². The Bertz CT molecular complexity index is 715. The number of carbonyl (C=O) groups excluding carboxylic acids is 1. The third-order valence-corrected chi connectivity index (χ3v) is 4.36. The number of amides is 1. The number of rotatable bonds is 5. The molecule has 1 atom stereocenters. The van der Waals surface area contributed by atoms with E-state index in [-0.39, 0.29) is 17.7 Å². The fourth-order valence-corrected chi connectivity index (χ4v) is 3.00. The van der Waals surface area contributed by atoms with Crippen molar-refractivity contribution in [2.24, 2.45) is 0 Å². The summed E-state index contributed by atoms with van der Waals surface area (Å²) in [6, 6.07) is 9.09. The smallest absolute Gasteiger partial charge is 0.276 e. The molecule has 1 amide bonds. The van der Waals surface area contributed by atoms with Crippen LogP contribution in [-0.2, 0) is 4.74 Å². The van der Waals surface area contributed by atoms with Gasteiger partial charge in [0.05, 0.1) is 6.10 Å². The number of halogens is 1. The molecule has 2 aromatic rings. The van der Waals surface area contributed by atoms with Crippen molar-refractivity contribution in [3.8, 4) is 0 Å². The van der Waals surface area contributed by atoms with Crippen LogP contribution in [0.25, 0.3) is 0 Å². The Kier molecular flexibility index (Phi) is 5.42. The lowest BCUT2D eigenvalue weighted by Crippen LogP contribution is -2.20. The van der Waals surface area contributed by atoms with E-state index < -0.39 is 0 Å². The fourth-order valence-electron chi connectivity index (χ4n) is 2.53. The molecule has 3 rings (SSSR count). The van der Waals surface area contributed by atoms with Gasteiger partial charge in [0.1, 0.15) is 5.82 Å². The Hall–Kier alpha value is -1.99. The lowest BCUT2D eigenvalue weighted by molar-refractivity contribution is 0.102. The first kappa shape index (κ1) is 16.9. The van der Waals surface area contributed by atoms with Crippen molar-refractivity contribution < 1.29 is 9.53 Å². The maximum absolute atomic E-state index is 12.3. The summed E-state index contributed by atoms with van der Waals surface area (Å²) < 4.78 is 6.52. The summed E-state index contributed by atoms with van der Waals surface area (Å²) in [4.78, 5) is 12.3. The molecule has 0 bridgehead atoms. The highest BCUT2D eigenvalue weighted by atomic mass is 79.9. The minimum absolute atomic E-state index is 0.232. The summed E-state index contributed by atoms with van der Waals surface area (Å²) in [5.74, 6) is 0.362. The van der Waals surface area contributed by atoms with E-state index in [0.29, 0.717) is 12.4 Å². The maximum atomic E-state index is 12.3. The molecule has 6 nitrogen and oxygen atoms in total. The van der Waals surface area contributed by atoms with Crippen molar-refractivity contribution >= 4 is 33.3 Å². The zero-order valence-electron chi connectivity index (χ0n) is 13.4. The molecule has 1 aliphatic heterocycles. The van der Waals surface area contributed by atoms with Crippen LogP contribution in [0.3, 0.4) is 0 Å². The van der Waals surface area contributed by atoms with Gasteiger partial charge >= 0.3 is 0 Å². The monoisotopic (exact) mass is 390 g/mol. The molecule has 24 heavy (non-hydrogen) atoms. The number of aromatic nitrogens is 2. The minimum atomic E-state index is -0.279. The van der Waals surface area contributed by atoms with Crippen LogP contribution >= 0.6 is 15.9 Å². The predicted molar refractivity (Wildman–Crippen MR) is 96.3 cm³/mol. The third-order valence-electron chi connectivity index (χ3n) is 3.87. The number of ether oxygens (including phenoxy) is 1. The summed E-state index contributed by atoms with van der Waals surface area (Å²) in [7, 11) is 0. The quantitative estimate of drug-likeness (QED) is 0.817. The van der Waals surface area contributed by atoms with E-state index in [1.807, 2.05) is 25.1 Å². The zero-order valence-corrected chi connectivity index (χ0v) is 15.0. The molecule has 0 aliphatic carbocycles. The summed E-state index contributed by atoms with van der Waals surface area (Å²) in [5, 5.41) is 14.1. The van der Waals surface area contributed by atoms with Crippen LogP contribution in [0.15, 0.2) is 34.8 Å². The van der Waals surface area contributed by atoms with Crippen molar-refractivity contribution in [2.45, 2.75) is 25.9 Å². The topological polar surface area (TPSA) is 76.1 Å². The number of anilines is 2. The molecule has 1 aliphatic rings. The van der Waals surface area contributed by atoms with Crippen molar-refractivity contribution in [3.05, 3.63) is 46.1 Å². The highest BCUT2D eigenvalue weighted by Crippen LogP contribution is 2.20. The van der Waals surface area contributed by atoms with Crippen molar-refractivity contribution in [3.63, 3.8) is 0 Å². The molecule has 1 fully saturated rings. The zero-order chi connectivity index (χ0) is 16.9. The second-order valence-electron chi connectivity index (χ2n) is 5.73. The van der Waals surface area contributed by atoms with Crippen molar-refractivity contribution in [1.82, 2.24) is 10.2 Å². The van der Waals surface area contributed by atoms with E-state index in [2.05, 4.69) is 36.8 Å². The fraction of sp³-hybridized carbons (Fsp3) is 0.353. The van der Waals surface area contributed by atoms with E-state index >= 15 is 0 Å². The molecule has 1 saturated heterocycles. The van der Waals surface area contributed by atoms with Gasteiger partial charge in [-0.2, -0.15) is 0 Å². The molecule has 0 saturated carbocycles. The van der Waals surface area contributed by atoms with Crippen LogP contribution in [0.2, 0.25) is 0 Å². The molecule has 7 heteroatoms. The number of benzene rings is 1. The van der Waals surface area contributed by atoms with Gasteiger partial charge in [0, 0.05) is 23.3 Å². The lowest BCUT2D eigenvalue weighted by Gasteiger charge is -2.11. The minimum Gasteiger partial charge on any atom is -0.376 e. The molecule has 0 spiro atoms. The molecule has 1 aromatic carbocycles. The Morgan fingerprint density at radius 3 is 2.88 bits per heavy atom. The van der Waals surface area contributed by atoms with Gasteiger partial charge in [-0.25, -0.2) is 0 Å². The molecule has 2 N–H and O–H groups in total. The molecular weight excluding hydrogens is 372 g/mol. The van der Waals surface area contributed by atoms with Gasteiger partial charge in [0.2, 0.25) is 0 Å². The number of aryl methyl sites for hydroxylation is 1. The lowest BCUT2D eigenvalue weighted by atomic mass is 10.2. The van der Waals surface area contributed by atoms with Crippen LogP contribution < -0.4 is 10.6 Å². The number of hydrogen-bond acceptors (Lipinski definition) is 5. The largest absolute Gasteiger partial charge is 0.376 e. The highest BCUT2D eigenvalue weighted by Gasteiger charge is 2.15. The van der Waals surface area contributed by atoms with Gasteiger partial charge in [0.25, 0.3) is 5.91 Å². The maximum Gasteiger partial charge on any atom is 0.276 e. The van der Waals surface area contributed by atoms with E-state index in [9.17, 15) is 4.79 Å². The van der Waals surface area contributed by atoms with Gasteiger partial charge in [-0.1, -0.05) is 15.9 Å². The van der Waals surface area contributed by atoms with Crippen LogP contribution in [0.1, 0.15) is 28.9 Å². The van der Waals surface area contributed by atoms with Gasteiger partial charge in [-0.15, -0.1) is 10.2 Å². The second kappa shape index (κ2) is 7.72. The van der Waals surface area contributed by atoms with E-state index in [4.69, 9.17) is 4.74 Å². The summed E-state index contributed by atoms with van der Waals surface area (Å²) >= 11 is 3.40. The molecule has 0 radical (unpaired) electrons. The first-order chi connectivity index (χ1) is 11.6. The Morgan fingerprint density at radius 1 is 1.33 bits per heavy atom. The number of nitrogens with one attached hydrogen (secondary N) is 2. The third kappa shape index (κ3) is 4.30. The number of hydrogen-bond donors (Lipinski definition) is 2. The highest BCUT2D eigenvalue weighted by molar-refractivity contribution is 9.10. The van der Waals surface area contributed by atoms with Gasteiger partial charge in [-0.05, 0) is 55.7 Å².